The number of carbonyl (C=O) groups excluding carboxylic acids is 1. The summed E-state index contributed by atoms with van der Waals surface area (Å²) in [5.41, 5.74) is 2.81. The lowest BCUT2D eigenvalue weighted by molar-refractivity contribution is 0.0950. The van der Waals surface area contributed by atoms with Crippen LogP contribution in [0.3, 0.4) is 0 Å². The van der Waals surface area contributed by atoms with Crippen molar-refractivity contribution >= 4 is 11.7 Å². The average molecular weight is 416 g/mol. The van der Waals surface area contributed by atoms with Gasteiger partial charge in [-0.15, -0.1) is 0 Å². The van der Waals surface area contributed by atoms with E-state index in [1.807, 2.05) is 30.3 Å². The van der Waals surface area contributed by atoms with Crippen LogP contribution >= 0.6 is 0 Å². The molecule has 2 N–H and O–H groups in total. The topological polar surface area (TPSA) is 75.7 Å². The van der Waals surface area contributed by atoms with Crippen LogP contribution in [0.2, 0.25) is 0 Å². The highest BCUT2D eigenvalue weighted by Crippen LogP contribution is 2.32. The van der Waals surface area contributed by atoms with E-state index < -0.39 is 0 Å². The van der Waals surface area contributed by atoms with Gasteiger partial charge in [-0.25, -0.2) is 4.98 Å². The van der Waals surface area contributed by atoms with E-state index in [0.717, 1.165) is 36.8 Å². The predicted molar refractivity (Wildman–Crippen MR) is 117 cm³/mol. The fraction of sp³-hybridized carbons (Fsp3) is 0.250. The molecular formula is C24H24N4O3. The number of ether oxygens (including phenoxy) is 2. The maximum atomic E-state index is 12.7. The molecule has 0 saturated carbocycles. The molecule has 7 nitrogen and oxygen atoms in total. The molecule has 31 heavy (non-hydrogen) atoms. The lowest BCUT2D eigenvalue weighted by Gasteiger charge is -2.34. The molecule has 0 unspecified atom stereocenters. The minimum Gasteiger partial charge on any atom is -0.454 e. The molecule has 2 aromatic carbocycles. The number of anilines is 1. The zero-order valence-electron chi connectivity index (χ0n) is 17.1. The van der Waals surface area contributed by atoms with E-state index in [1.165, 1.54) is 5.56 Å². The molecular weight excluding hydrogens is 392 g/mol. The van der Waals surface area contributed by atoms with Gasteiger partial charge in [0, 0.05) is 44.0 Å². The standard InChI is InChI=1S/C24H24N4O3/c29-24(27-14-17-6-7-21-22(12-17)31-16-30-21)19-8-9-26-23(13-19)28-11-10-25-20(15-28)18-4-2-1-3-5-18/h1-9,12-13,20,25H,10-11,14-16H2,(H,27,29)/t20-/m1/s1. The van der Waals surface area contributed by atoms with E-state index >= 15 is 0 Å². The molecule has 1 atom stereocenters. The zero-order chi connectivity index (χ0) is 21.0. The Balaban J connectivity index is 1.24. The summed E-state index contributed by atoms with van der Waals surface area (Å²) in [6, 6.07) is 19.9. The number of rotatable bonds is 5. The largest absolute Gasteiger partial charge is 0.454 e. The molecule has 0 radical (unpaired) electrons. The molecule has 5 rings (SSSR count). The summed E-state index contributed by atoms with van der Waals surface area (Å²) in [6.45, 7) is 3.17. The zero-order valence-corrected chi connectivity index (χ0v) is 17.1. The number of nitrogens with one attached hydrogen (secondary N) is 2. The first-order valence-electron chi connectivity index (χ1n) is 10.4. The summed E-state index contributed by atoms with van der Waals surface area (Å²) in [5.74, 6) is 2.14. The number of aromatic nitrogens is 1. The highest BCUT2D eigenvalue weighted by molar-refractivity contribution is 5.94. The van der Waals surface area contributed by atoms with E-state index in [-0.39, 0.29) is 18.7 Å². The Morgan fingerprint density at radius 2 is 1.97 bits per heavy atom. The molecule has 0 spiro atoms. The molecule has 2 aliphatic heterocycles. The van der Waals surface area contributed by atoms with Crippen LogP contribution in [0.25, 0.3) is 0 Å². The predicted octanol–water partition coefficient (Wildman–Crippen LogP) is 2.89. The van der Waals surface area contributed by atoms with Crippen LogP contribution in [0.15, 0.2) is 66.9 Å². The van der Waals surface area contributed by atoms with Crippen molar-refractivity contribution in [3.63, 3.8) is 0 Å². The molecule has 7 heteroatoms. The van der Waals surface area contributed by atoms with Gasteiger partial charge in [-0.2, -0.15) is 0 Å². The highest BCUT2D eigenvalue weighted by Gasteiger charge is 2.22. The van der Waals surface area contributed by atoms with Crippen LogP contribution in [-0.2, 0) is 6.54 Å². The smallest absolute Gasteiger partial charge is 0.251 e. The number of hydrogen-bond acceptors (Lipinski definition) is 6. The monoisotopic (exact) mass is 416 g/mol. The van der Waals surface area contributed by atoms with Crippen molar-refractivity contribution in [3.05, 3.63) is 83.6 Å². The summed E-state index contributed by atoms with van der Waals surface area (Å²) < 4.78 is 10.7. The van der Waals surface area contributed by atoms with Crippen LogP contribution in [0.1, 0.15) is 27.5 Å². The molecule has 1 aromatic heterocycles. The second-order valence-corrected chi connectivity index (χ2v) is 7.64. The van der Waals surface area contributed by atoms with Crippen LogP contribution in [0, 0.1) is 0 Å². The van der Waals surface area contributed by atoms with Gasteiger partial charge >= 0.3 is 0 Å². The maximum absolute atomic E-state index is 12.7. The lowest BCUT2D eigenvalue weighted by Crippen LogP contribution is -2.46. The fourth-order valence-electron chi connectivity index (χ4n) is 3.93. The number of pyridine rings is 1. The van der Waals surface area contributed by atoms with Crippen molar-refractivity contribution in [2.24, 2.45) is 0 Å². The Kier molecular flexibility index (Phi) is 5.41. The van der Waals surface area contributed by atoms with Crippen LogP contribution in [0.5, 0.6) is 11.5 Å². The minimum absolute atomic E-state index is 0.129. The summed E-state index contributed by atoms with van der Waals surface area (Å²) in [6.07, 6.45) is 1.70. The third kappa shape index (κ3) is 4.32. The first kappa shape index (κ1) is 19.4. The Morgan fingerprint density at radius 1 is 1.10 bits per heavy atom. The Morgan fingerprint density at radius 3 is 2.87 bits per heavy atom. The number of piperazine rings is 1. The summed E-state index contributed by atoms with van der Waals surface area (Å²) in [7, 11) is 0. The first-order valence-corrected chi connectivity index (χ1v) is 10.4. The normalized spacial score (nSPS) is 17.4. The second-order valence-electron chi connectivity index (χ2n) is 7.64. The molecule has 2 aliphatic rings. The Bertz CT molecular complexity index is 1070. The number of carbonyl (C=O) groups is 1. The van der Waals surface area contributed by atoms with Gasteiger partial charge in [0.2, 0.25) is 6.79 Å². The van der Waals surface area contributed by atoms with Crippen LogP contribution in [-0.4, -0.2) is 37.3 Å². The molecule has 3 aromatic rings. The first-order chi connectivity index (χ1) is 15.3. The van der Waals surface area contributed by atoms with Crippen molar-refractivity contribution in [3.8, 4) is 11.5 Å². The summed E-state index contributed by atoms with van der Waals surface area (Å²) in [5, 5.41) is 6.54. The quantitative estimate of drug-likeness (QED) is 0.666. The van der Waals surface area contributed by atoms with Crippen molar-refractivity contribution in [1.29, 1.82) is 0 Å². The molecule has 0 aliphatic carbocycles. The maximum Gasteiger partial charge on any atom is 0.251 e. The van der Waals surface area contributed by atoms with E-state index in [9.17, 15) is 4.79 Å². The SMILES string of the molecule is O=C(NCc1ccc2c(c1)OCO2)c1ccnc(N2CCN[C@@H](c3ccccc3)C2)c1. The third-order valence-electron chi connectivity index (χ3n) is 5.60. The minimum atomic E-state index is -0.129. The number of amides is 1. The van der Waals surface area contributed by atoms with Gasteiger partial charge in [-0.3, -0.25) is 4.79 Å². The average Bonchev–Trinajstić information content (AvgIpc) is 3.31. The number of benzene rings is 2. The van der Waals surface area contributed by atoms with E-state index in [2.05, 4.69) is 44.8 Å². The highest BCUT2D eigenvalue weighted by atomic mass is 16.7. The second kappa shape index (κ2) is 8.65. The van der Waals surface area contributed by atoms with Gasteiger partial charge < -0.3 is 25.0 Å². The van der Waals surface area contributed by atoms with Crippen molar-refractivity contribution < 1.29 is 14.3 Å². The van der Waals surface area contributed by atoms with Gasteiger partial charge in [-0.05, 0) is 35.4 Å². The van der Waals surface area contributed by atoms with Gasteiger partial charge in [0.1, 0.15) is 5.82 Å². The molecule has 1 amide bonds. The lowest BCUT2D eigenvalue weighted by atomic mass is 10.0. The molecule has 158 valence electrons. The van der Waals surface area contributed by atoms with E-state index in [0.29, 0.717) is 17.9 Å². The van der Waals surface area contributed by atoms with Gasteiger partial charge in [0.25, 0.3) is 5.91 Å². The number of hydrogen-bond donors (Lipinski definition) is 2. The summed E-state index contributed by atoms with van der Waals surface area (Å²) >= 11 is 0. The summed E-state index contributed by atoms with van der Waals surface area (Å²) in [4.78, 5) is 19.5. The van der Waals surface area contributed by atoms with Gasteiger partial charge in [0.15, 0.2) is 11.5 Å². The molecule has 1 saturated heterocycles. The number of fused-ring (bicyclic) bond motifs is 1. The third-order valence-corrected chi connectivity index (χ3v) is 5.60. The number of nitrogens with zero attached hydrogens (tertiary/aromatic N) is 2. The van der Waals surface area contributed by atoms with E-state index in [4.69, 9.17) is 9.47 Å². The Hall–Kier alpha value is -3.58. The van der Waals surface area contributed by atoms with Gasteiger partial charge in [-0.1, -0.05) is 36.4 Å². The van der Waals surface area contributed by atoms with Crippen molar-refractivity contribution in [1.82, 2.24) is 15.6 Å². The van der Waals surface area contributed by atoms with Crippen molar-refractivity contribution in [2.75, 3.05) is 31.3 Å². The van der Waals surface area contributed by atoms with Crippen LogP contribution < -0.4 is 25.0 Å². The fourth-order valence-corrected chi connectivity index (χ4v) is 3.93. The van der Waals surface area contributed by atoms with Crippen molar-refractivity contribution in [2.45, 2.75) is 12.6 Å². The molecule has 0 bridgehead atoms. The molecule has 3 heterocycles. The molecule has 1 fully saturated rings. The van der Waals surface area contributed by atoms with E-state index in [1.54, 1.807) is 12.3 Å². The van der Waals surface area contributed by atoms with Gasteiger partial charge in [0.05, 0.1) is 0 Å². The Labute approximate surface area is 181 Å². The van der Waals surface area contributed by atoms with Crippen LogP contribution in [0.4, 0.5) is 5.82 Å².